The van der Waals surface area contributed by atoms with Gasteiger partial charge in [-0.15, -0.1) is 0 Å². The third kappa shape index (κ3) is 10.3. The molecule has 0 aliphatic carbocycles. The second kappa shape index (κ2) is 14.3. The lowest BCUT2D eigenvalue weighted by atomic mass is 10.0. The Bertz CT molecular complexity index is 851. The van der Waals surface area contributed by atoms with E-state index >= 15 is 0 Å². The number of nitrogens with zero attached hydrogens (tertiary/aromatic N) is 1. The van der Waals surface area contributed by atoms with E-state index in [1.54, 1.807) is 52.0 Å². The number of carbonyl (C=O) groups is 4. The second-order valence-corrected chi connectivity index (χ2v) is 8.80. The first-order valence-corrected chi connectivity index (χ1v) is 11.4. The topological polar surface area (TPSA) is 154 Å². The molecule has 196 valence electrons. The summed E-state index contributed by atoms with van der Waals surface area (Å²) in [6, 6.07) is 4.23. The van der Waals surface area contributed by atoms with Crippen LogP contribution < -0.4 is 10.6 Å². The predicted molar refractivity (Wildman–Crippen MR) is 127 cm³/mol. The van der Waals surface area contributed by atoms with Crippen LogP contribution in [0.4, 0.5) is 4.79 Å². The highest BCUT2D eigenvalue weighted by Gasteiger charge is 2.35. The number of aliphatic hydroxyl groups is 2. The maximum Gasteiger partial charge on any atom is 0.408 e. The smallest absolute Gasteiger partial charge is 0.408 e. The summed E-state index contributed by atoms with van der Waals surface area (Å²) in [5.74, 6) is -1.88. The fraction of sp³-hybridized carbons (Fsp3) is 0.583. The van der Waals surface area contributed by atoms with E-state index in [-0.39, 0.29) is 26.1 Å². The highest BCUT2D eigenvalue weighted by molar-refractivity contribution is 5.92. The van der Waals surface area contributed by atoms with Crippen LogP contribution in [0.5, 0.6) is 0 Å². The molecule has 0 aliphatic heterocycles. The summed E-state index contributed by atoms with van der Waals surface area (Å²) in [6.07, 6.45) is -0.979. The lowest BCUT2D eigenvalue weighted by molar-refractivity contribution is -0.145. The number of aliphatic hydroxyl groups excluding tert-OH is 2. The van der Waals surface area contributed by atoms with Gasteiger partial charge in [0.15, 0.2) is 0 Å². The van der Waals surface area contributed by atoms with Crippen molar-refractivity contribution in [2.24, 2.45) is 0 Å². The molecule has 3 amide bonds. The third-order valence-electron chi connectivity index (χ3n) is 4.68. The highest BCUT2D eigenvalue weighted by Crippen LogP contribution is 2.23. The molecule has 4 N–H and O–H groups in total. The van der Waals surface area contributed by atoms with E-state index in [9.17, 15) is 29.4 Å². The molecule has 11 heteroatoms. The van der Waals surface area contributed by atoms with Crippen LogP contribution in [0.15, 0.2) is 24.3 Å². The van der Waals surface area contributed by atoms with Crippen molar-refractivity contribution in [2.45, 2.75) is 58.7 Å². The maximum atomic E-state index is 13.3. The molecule has 0 heterocycles. The van der Waals surface area contributed by atoms with Crippen LogP contribution in [0.2, 0.25) is 0 Å². The summed E-state index contributed by atoms with van der Waals surface area (Å²) in [5.41, 5.74) is 0.538. The van der Waals surface area contributed by atoms with Gasteiger partial charge in [0.05, 0.1) is 26.2 Å². The zero-order chi connectivity index (χ0) is 26.6. The molecule has 11 nitrogen and oxygen atoms in total. The number of hydrogen-bond acceptors (Lipinski definition) is 8. The molecule has 0 bridgehead atoms. The zero-order valence-corrected chi connectivity index (χ0v) is 21.0. The molecule has 0 spiro atoms. The number of amides is 3. The summed E-state index contributed by atoms with van der Waals surface area (Å²) in [6.45, 7) is 7.17. The summed E-state index contributed by atoms with van der Waals surface area (Å²) >= 11 is 0. The number of benzene rings is 1. The van der Waals surface area contributed by atoms with Crippen molar-refractivity contribution in [3.63, 3.8) is 0 Å². The van der Waals surface area contributed by atoms with Gasteiger partial charge in [-0.2, -0.15) is 0 Å². The number of hydrogen-bond donors (Lipinski definition) is 4. The Balaban J connectivity index is 3.21. The monoisotopic (exact) mass is 495 g/mol. The Morgan fingerprint density at radius 1 is 1.09 bits per heavy atom. The molecule has 2 unspecified atom stereocenters. The number of carbonyl (C=O) groups excluding carboxylic acids is 4. The Labute approximate surface area is 205 Å². The number of rotatable bonds is 12. The number of alkyl carbamates (subject to hydrolysis) is 1. The first kappa shape index (κ1) is 29.9. The Hall–Kier alpha value is -3.18. The SMILES string of the molecule is CCOC(=O)CCNC(=O)C(c1ccc(C)cc1)N(CCO)C(=O)C(CO)NC(=O)OC(C)(C)C. The molecule has 0 aromatic heterocycles. The van der Waals surface area contributed by atoms with Crippen LogP contribution in [-0.4, -0.2) is 83.5 Å². The van der Waals surface area contributed by atoms with E-state index in [1.807, 2.05) is 6.92 Å². The summed E-state index contributed by atoms with van der Waals surface area (Å²) in [7, 11) is 0. The van der Waals surface area contributed by atoms with Gasteiger partial charge in [-0.1, -0.05) is 29.8 Å². The van der Waals surface area contributed by atoms with Gasteiger partial charge in [0, 0.05) is 13.1 Å². The second-order valence-electron chi connectivity index (χ2n) is 8.80. The fourth-order valence-electron chi connectivity index (χ4n) is 3.15. The minimum absolute atomic E-state index is 0.0270. The van der Waals surface area contributed by atoms with E-state index in [0.717, 1.165) is 10.5 Å². The van der Waals surface area contributed by atoms with Gasteiger partial charge in [0.2, 0.25) is 11.8 Å². The quantitative estimate of drug-likeness (QED) is 0.311. The lowest BCUT2D eigenvalue weighted by Crippen LogP contribution is -2.55. The van der Waals surface area contributed by atoms with Gasteiger partial charge in [-0.3, -0.25) is 14.4 Å². The third-order valence-corrected chi connectivity index (χ3v) is 4.68. The standard InChI is InChI=1S/C24H37N3O8/c1-6-34-19(30)11-12-25-21(31)20(17-9-7-16(2)8-10-17)27(13-14-28)22(32)18(15-29)26-23(33)35-24(3,4)5/h7-10,18,20,28-29H,6,11-15H2,1-5H3,(H,25,31)(H,26,33). The van der Waals surface area contributed by atoms with E-state index in [4.69, 9.17) is 9.47 Å². The van der Waals surface area contributed by atoms with Crippen LogP contribution in [0.3, 0.4) is 0 Å². The average molecular weight is 496 g/mol. The molecule has 1 rings (SSSR count). The van der Waals surface area contributed by atoms with Crippen LogP contribution in [0.1, 0.15) is 51.3 Å². The minimum Gasteiger partial charge on any atom is -0.466 e. The molecule has 0 radical (unpaired) electrons. The van der Waals surface area contributed by atoms with E-state index in [1.165, 1.54) is 0 Å². The average Bonchev–Trinajstić information content (AvgIpc) is 2.77. The molecule has 1 aromatic carbocycles. The Morgan fingerprint density at radius 3 is 2.23 bits per heavy atom. The molecule has 0 saturated carbocycles. The van der Waals surface area contributed by atoms with Gasteiger partial charge in [0.25, 0.3) is 0 Å². The molecule has 0 fully saturated rings. The summed E-state index contributed by atoms with van der Waals surface area (Å²) < 4.78 is 10.0. The van der Waals surface area contributed by atoms with Crippen molar-refractivity contribution in [3.8, 4) is 0 Å². The predicted octanol–water partition coefficient (Wildman–Crippen LogP) is 0.812. The number of ether oxygens (including phenoxy) is 2. The largest absolute Gasteiger partial charge is 0.466 e. The minimum atomic E-state index is -1.42. The summed E-state index contributed by atoms with van der Waals surface area (Å²) in [5, 5.41) is 24.4. The van der Waals surface area contributed by atoms with Crippen molar-refractivity contribution in [3.05, 3.63) is 35.4 Å². The van der Waals surface area contributed by atoms with Crippen molar-refractivity contribution in [1.82, 2.24) is 15.5 Å². The molecule has 0 aliphatic rings. The fourth-order valence-corrected chi connectivity index (χ4v) is 3.15. The Kier molecular flexibility index (Phi) is 12.2. The highest BCUT2D eigenvalue weighted by atomic mass is 16.6. The molecule has 2 atom stereocenters. The van der Waals surface area contributed by atoms with Crippen LogP contribution in [0, 0.1) is 6.92 Å². The molecule has 35 heavy (non-hydrogen) atoms. The van der Waals surface area contributed by atoms with Crippen molar-refractivity contribution in [2.75, 3.05) is 32.9 Å². The zero-order valence-electron chi connectivity index (χ0n) is 21.0. The number of nitrogens with one attached hydrogen (secondary N) is 2. The van der Waals surface area contributed by atoms with E-state index in [2.05, 4.69) is 10.6 Å². The number of aryl methyl sites for hydroxylation is 1. The Morgan fingerprint density at radius 2 is 1.71 bits per heavy atom. The van der Waals surface area contributed by atoms with Crippen molar-refractivity contribution in [1.29, 1.82) is 0 Å². The van der Waals surface area contributed by atoms with Gasteiger partial charge < -0.3 is 35.2 Å². The molecule has 0 saturated heterocycles. The normalized spacial score (nSPS) is 12.8. The first-order chi connectivity index (χ1) is 16.4. The van der Waals surface area contributed by atoms with Crippen LogP contribution >= 0.6 is 0 Å². The van der Waals surface area contributed by atoms with Crippen LogP contribution in [0.25, 0.3) is 0 Å². The van der Waals surface area contributed by atoms with Gasteiger partial charge >= 0.3 is 12.1 Å². The van der Waals surface area contributed by atoms with E-state index < -0.39 is 54.8 Å². The lowest BCUT2D eigenvalue weighted by Gasteiger charge is -2.33. The van der Waals surface area contributed by atoms with Gasteiger partial charge in [-0.05, 0) is 40.2 Å². The number of esters is 1. The van der Waals surface area contributed by atoms with Crippen molar-refractivity contribution >= 4 is 23.9 Å². The molecule has 1 aromatic rings. The van der Waals surface area contributed by atoms with Crippen LogP contribution in [-0.2, 0) is 23.9 Å². The first-order valence-electron chi connectivity index (χ1n) is 11.4. The molecular formula is C24H37N3O8. The van der Waals surface area contributed by atoms with Gasteiger partial charge in [0.1, 0.15) is 17.7 Å². The van der Waals surface area contributed by atoms with Gasteiger partial charge in [-0.25, -0.2) is 4.79 Å². The maximum absolute atomic E-state index is 13.3. The van der Waals surface area contributed by atoms with E-state index in [0.29, 0.717) is 5.56 Å². The molecular weight excluding hydrogens is 458 g/mol. The summed E-state index contributed by atoms with van der Waals surface area (Å²) in [4.78, 5) is 51.4. The van der Waals surface area contributed by atoms with Crippen molar-refractivity contribution < 1.29 is 38.9 Å².